The summed E-state index contributed by atoms with van der Waals surface area (Å²) in [6.07, 6.45) is 3.10. The van der Waals surface area contributed by atoms with Crippen LogP contribution in [0.4, 0.5) is 10.7 Å². The van der Waals surface area contributed by atoms with Crippen LogP contribution in [0.2, 0.25) is 0 Å². The first-order chi connectivity index (χ1) is 11.3. The van der Waals surface area contributed by atoms with Crippen LogP contribution in [-0.4, -0.2) is 5.91 Å². The molecular formula is C20H26N2OS. The van der Waals surface area contributed by atoms with Crippen molar-refractivity contribution in [3.63, 3.8) is 0 Å². The topological polar surface area (TPSA) is 55.1 Å². The highest BCUT2D eigenvalue weighted by atomic mass is 32.1. The zero-order valence-electron chi connectivity index (χ0n) is 14.9. The van der Waals surface area contributed by atoms with Crippen LogP contribution >= 0.6 is 11.3 Å². The molecule has 1 aliphatic rings. The summed E-state index contributed by atoms with van der Waals surface area (Å²) >= 11 is 1.60. The summed E-state index contributed by atoms with van der Waals surface area (Å²) in [4.78, 5) is 14.1. The van der Waals surface area contributed by atoms with E-state index in [0.717, 1.165) is 30.5 Å². The Kier molecular flexibility index (Phi) is 4.43. The molecule has 0 radical (unpaired) electrons. The van der Waals surface area contributed by atoms with E-state index in [2.05, 4.69) is 26.1 Å². The molecule has 24 heavy (non-hydrogen) atoms. The molecule has 0 fully saturated rings. The van der Waals surface area contributed by atoms with Gasteiger partial charge in [0, 0.05) is 10.6 Å². The Hall–Kier alpha value is -1.81. The molecule has 2 aromatic rings. The third-order valence-electron chi connectivity index (χ3n) is 5.14. The number of fused-ring (bicyclic) bond motifs is 1. The molecule has 1 heterocycles. The number of hydrogen-bond donors (Lipinski definition) is 2. The Bertz CT molecular complexity index is 770. The minimum absolute atomic E-state index is 0.0755. The van der Waals surface area contributed by atoms with Gasteiger partial charge in [0.05, 0.1) is 10.6 Å². The molecule has 1 aromatic heterocycles. The van der Waals surface area contributed by atoms with Gasteiger partial charge in [-0.05, 0) is 54.7 Å². The second-order valence-electron chi connectivity index (χ2n) is 7.82. The van der Waals surface area contributed by atoms with E-state index in [9.17, 15) is 4.79 Å². The van der Waals surface area contributed by atoms with E-state index in [-0.39, 0.29) is 5.91 Å². The third kappa shape index (κ3) is 3.20. The number of nitrogen functional groups attached to an aromatic ring is 1. The van der Waals surface area contributed by atoms with E-state index < -0.39 is 0 Å². The maximum atomic E-state index is 12.8. The van der Waals surface area contributed by atoms with Gasteiger partial charge < -0.3 is 11.1 Å². The Morgan fingerprint density at radius 2 is 2.00 bits per heavy atom. The van der Waals surface area contributed by atoms with Gasteiger partial charge in [-0.15, -0.1) is 11.3 Å². The van der Waals surface area contributed by atoms with Crippen molar-refractivity contribution in [2.45, 2.75) is 47.0 Å². The van der Waals surface area contributed by atoms with Gasteiger partial charge in [0.1, 0.15) is 0 Å². The average Bonchev–Trinajstić information content (AvgIpc) is 2.83. The van der Waals surface area contributed by atoms with E-state index >= 15 is 0 Å². The molecule has 0 unspecified atom stereocenters. The van der Waals surface area contributed by atoms with Gasteiger partial charge in [0.15, 0.2) is 0 Å². The fourth-order valence-corrected chi connectivity index (χ4v) is 4.69. The first-order valence-corrected chi connectivity index (χ1v) is 9.36. The van der Waals surface area contributed by atoms with Gasteiger partial charge >= 0.3 is 0 Å². The third-order valence-corrected chi connectivity index (χ3v) is 6.22. The van der Waals surface area contributed by atoms with Crippen LogP contribution in [0, 0.1) is 18.3 Å². The standard InChI is InChI=1S/C20H26N2OS/c1-12-7-5-6-8-15(12)22-19(23)17-14-10-9-13(20(2,3)4)11-16(14)24-18(17)21/h5-8,13H,9-11,21H2,1-4H3,(H,22,23)/t13-/m1/s1. The summed E-state index contributed by atoms with van der Waals surface area (Å²) in [5, 5.41) is 3.69. The Balaban J connectivity index is 1.87. The quantitative estimate of drug-likeness (QED) is 0.803. The summed E-state index contributed by atoms with van der Waals surface area (Å²) in [5.41, 5.74) is 10.3. The largest absolute Gasteiger partial charge is 0.390 e. The van der Waals surface area contributed by atoms with E-state index in [0.29, 0.717) is 21.9 Å². The lowest BCUT2D eigenvalue weighted by molar-refractivity contribution is 0.102. The first kappa shape index (κ1) is 17.0. The number of nitrogens with one attached hydrogen (secondary N) is 1. The van der Waals surface area contributed by atoms with Gasteiger partial charge in [0.2, 0.25) is 0 Å². The SMILES string of the molecule is Cc1ccccc1NC(=O)c1c(N)sc2c1CC[C@@H](C(C)(C)C)C2. The highest BCUT2D eigenvalue weighted by Crippen LogP contribution is 2.43. The van der Waals surface area contributed by atoms with Crippen molar-refractivity contribution >= 4 is 27.9 Å². The number of amides is 1. The zero-order chi connectivity index (χ0) is 17.5. The number of carbonyl (C=O) groups excluding carboxylic acids is 1. The van der Waals surface area contributed by atoms with Crippen LogP contribution in [0.3, 0.4) is 0 Å². The molecule has 128 valence electrons. The predicted molar refractivity (Wildman–Crippen MR) is 103 cm³/mol. The summed E-state index contributed by atoms with van der Waals surface area (Å²) in [7, 11) is 0. The molecule has 4 heteroatoms. The molecule has 0 aliphatic heterocycles. The normalized spacial score (nSPS) is 17.4. The fourth-order valence-electron chi connectivity index (χ4n) is 3.49. The Labute approximate surface area is 148 Å². The Morgan fingerprint density at radius 3 is 2.67 bits per heavy atom. The van der Waals surface area contributed by atoms with Crippen molar-refractivity contribution < 1.29 is 4.79 Å². The fraction of sp³-hybridized carbons (Fsp3) is 0.450. The van der Waals surface area contributed by atoms with E-state index in [1.54, 1.807) is 11.3 Å². The van der Waals surface area contributed by atoms with Crippen LogP contribution in [0.1, 0.15) is 53.6 Å². The lowest BCUT2D eigenvalue weighted by Gasteiger charge is -2.33. The maximum Gasteiger partial charge on any atom is 0.258 e. The van der Waals surface area contributed by atoms with Crippen LogP contribution in [-0.2, 0) is 12.8 Å². The number of para-hydroxylation sites is 1. The monoisotopic (exact) mass is 342 g/mol. The van der Waals surface area contributed by atoms with Crippen LogP contribution in [0.25, 0.3) is 0 Å². The van der Waals surface area contributed by atoms with Gasteiger partial charge in [-0.3, -0.25) is 4.79 Å². The number of hydrogen-bond acceptors (Lipinski definition) is 3. The average molecular weight is 343 g/mol. The number of thiophene rings is 1. The van der Waals surface area contributed by atoms with Gasteiger partial charge in [-0.2, -0.15) is 0 Å². The molecule has 3 rings (SSSR count). The smallest absolute Gasteiger partial charge is 0.258 e. The lowest BCUT2D eigenvalue weighted by atomic mass is 9.72. The lowest BCUT2D eigenvalue weighted by Crippen LogP contribution is -2.27. The molecule has 1 atom stereocenters. The van der Waals surface area contributed by atoms with Crippen molar-refractivity contribution in [3.8, 4) is 0 Å². The molecule has 1 amide bonds. The molecule has 3 nitrogen and oxygen atoms in total. The molecule has 0 saturated carbocycles. The Morgan fingerprint density at radius 1 is 1.29 bits per heavy atom. The van der Waals surface area contributed by atoms with Crippen LogP contribution in [0.5, 0.6) is 0 Å². The summed E-state index contributed by atoms with van der Waals surface area (Å²) < 4.78 is 0. The van der Waals surface area contributed by atoms with E-state index in [1.807, 2.05) is 31.2 Å². The second kappa shape index (κ2) is 6.25. The molecule has 0 spiro atoms. The first-order valence-electron chi connectivity index (χ1n) is 8.54. The van der Waals surface area contributed by atoms with Crippen LogP contribution in [0.15, 0.2) is 24.3 Å². The van der Waals surface area contributed by atoms with Gasteiger partial charge in [0.25, 0.3) is 5.91 Å². The summed E-state index contributed by atoms with van der Waals surface area (Å²) in [6.45, 7) is 8.89. The molecule has 1 aliphatic carbocycles. The number of carbonyl (C=O) groups is 1. The van der Waals surface area contributed by atoms with Crippen molar-refractivity contribution in [1.29, 1.82) is 0 Å². The number of rotatable bonds is 2. The number of nitrogens with two attached hydrogens (primary N) is 1. The molecule has 1 aromatic carbocycles. The summed E-state index contributed by atoms with van der Waals surface area (Å²) in [6, 6.07) is 7.83. The molecule has 0 bridgehead atoms. The highest BCUT2D eigenvalue weighted by molar-refractivity contribution is 7.16. The number of benzene rings is 1. The van der Waals surface area contributed by atoms with E-state index in [1.165, 1.54) is 10.4 Å². The molecule has 0 saturated heterocycles. The van der Waals surface area contributed by atoms with Crippen LogP contribution < -0.4 is 11.1 Å². The summed E-state index contributed by atoms with van der Waals surface area (Å²) in [5.74, 6) is 0.573. The van der Waals surface area contributed by atoms with Crippen molar-refractivity contribution in [1.82, 2.24) is 0 Å². The van der Waals surface area contributed by atoms with Crippen molar-refractivity contribution in [2.75, 3.05) is 11.1 Å². The highest BCUT2D eigenvalue weighted by Gasteiger charge is 2.33. The molecule has 3 N–H and O–H groups in total. The second-order valence-corrected chi connectivity index (χ2v) is 8.95. The van der Waals surface area contributed by atoms with E-state index in [4.69, 9.17) is 5.73 Å². The number of anilines is 2. The minimum atomic E-state index is -0.0755. The zero-order valence-corrected chi connectivity index (χ0v) is 15.7. The minimum Gasteiger partial charge on any atom is -0.390 e. The van der Waals surface area contributed by atoms with Crippen molar-refractivity contribution in [2.24, 2.45) is 11.3 Å². The van der Waals surface area contributed by atoms with Crippen molar-refractivity contribution in [3.05, 3.63) is 45.8 Å². The van der Waals surface area contributed by atoms with Gasteiger partial charge in [-0.25, -0.2) is 0 Å². The number of aryl methyl sites for hydroxylation is 1. The van der Waals surface area contributed by atoms with Gasteiger partial charge in [-0.1, -0.05) is 39.0 Å². The maximum absolute atomic E-state index is 12.8. The molecular weight excluding hydrogens is 316 g/mol. The predicted octanol–water partition coefficient (Wildman–Crippen LogP) is 5.04.